The molecule has 0 fully saturated rings. The van der Waals surface area contributed by atoms with E-state index in [9.17, 15) is 13.2 Å². The second-order valence-electron chi connectivity index (χ2n) is 4.09. The highest BCUT2D eigenvalue weighted by Crippen LogP contribution is 2.26. The van der Waals surface area contributed by atoms with Crippen molar-refractivity contribution in [3.63, 3.8) is 0 Å². The Kier molecular flexibility index (Phi) is 3.82. The van der Waals surface area contributed by atoms with Crippen molar-refractivity contribution in [3.05, 3.63) is 64.7 Å². The normalized spacial score (nSPS) is 12.5. The van der Waals surface area contributed by atoms with Crippen LogP contribution in [0.5, 0.6) is 0 Å². The molecular formula is C13H12F3N3. The van der Waals surface area contributed by atoms with Crippen molar-refractivity contribution in [1.29, 1.82) is 0 Å². The van der Waals surface area contributed by atoms with Gasteiger partial charge in [0.1, 0.15) is 0 Å². The number of benzene rings is 1. The van der Waals surface area contributed by atoms with Gasteiger partial charge in [-0.15, -0.1) is 0 Å². The molecule has 0 radical (unpaired) electrons. The number of halogens is 3. The number of aryl methyl sites for hydroxylation is 1. The maximum Gasteiger partial charge on any atom is 0.194 e. The third-order valence-corrected chi connectivity index (χ3v) is 2.80. The summed E-state index contributed by atoms with van der Waals surface area (Å²) in [5, 5.41) is 0. The molecule has 6 heteroatoms. The Morgan fingerprint density at radius 1 is 1.16 bits per heavy atom. The van der Waals surface area contributed by atoms with Crippen LogP contribution in [0.4, 0.5) is 13.2 Å². The summed E-state index contributed by atoms with van der Waals surface area (Å²) < 4.78 is 39.9. The number of nitrogens with zero attached hydrogens (tertiary/aromatic N) is 1. The lowest BCUT2D eigenvalue weighted by Crippen LogP contribution is -2.30. The lowest BCUT2D eigenvalue weighted by molar-refractivity contribution is 0.433. The summed E-state index contributed by atoms with van der Waals surface area (Å²) in [6.45, 7) is 1.76. The molecule has 0 aliphatic rings. The largest absolute Gasteiger partial charge is 0.271 e. The second kappa shape index (κ2) is 5.38. The van der Waals surface area contributed by atoms with Gasteiger partial charge in [-0.2, -0.15) is 0 Å². The number of hydrogen-bond donors (Lipinski definition) is 2. The highest BCUT2D eigenvalue weighted by Gasteiger charge is 2.21. The maximum absolute atomic E-state index is 13.8. The number of hydrogen-bond acceptors (Lipinski definition) is 3. The molecule has 0 saturated carbocycles. The number of nitrogens with one attached hydrogen (secondary N) is 1. The van der Waals surface area contributed by atoms with E-state index in [4.69, 9.17) is 5.84 Å². The van der Waals surface area contributed by atoms with Gasteiger partial charge in [-0.1, -0.05) is 6.07 Å². The van der Waals surface area contributed by atoms with Crippen LogP contribution >= 0.6 is 0 Å². The zero-order valence-corrected chi connectivity index (χ0v) is 10.1. The summed E-state index contributed by atoms with van der Waals surface area (Å²) in [6.07, 6.45) is 1.53. The Morgan fingerprint density at radius 3 is 2.53 bits per heavy atom. The number of hydrazine groups is 1. The molecule has 3 N–H and O–H groups in total. The van der Waals surface area contributed by atoms with E-state index >= 15 is 0 Å². The Labute approximate surface area is 108 Å². The predicted molar refractivity (Wildman–Crippen MR) is 64.5 cm³/mol. The van der Waals surface area contributed by atoms with Gasteiger partial charge >= 0.3 is 0 Å². The average molecular weight is 267 g/mol. The minimum Gasteiger partial charge on any atom is -0.271 e. The van der Waals surface area contributed by atoms with Crippen LogP contribution < -0.4 is 11.3 Å². The molecule has 2 rings (SSSR count). The van der Waals surface area contributed by atoms with Gasteiger partial charge in [-0.3, -0.25) is 10.8 Å². The molecule has 2 aromatic rings. The average Bonchev–Trinajstić information content (AvgIpc) is 2.40. The van der Waals surface area contributed by atoms with E-state index in [1.807, 2.05) is 0 Å². The van der Waals surface area contributed by atoms with Gasteiger partial charge in [0.05, 0.1) is 6.04 Å². The molecule has 1 unspecified atom stereocenters. The van der Waals surface area contributed by atoms with Gasteiger partial charge in [0, 0.05) is 17.5 Å². The summed E-state index contributed by atoms with van der Waals surface area (Å²) in [6, 6.07) is 4.56. The zero-order valence-electron chi connectivity index (χ0n) is 10.1. The molecule has 100 valence electrons. The second-order valence-corrected chi connectivity index (χ2v) is 4.09. The fraction of sp³-hybridized carbons (Fsp3) is 0.154. The van der Waals surface area contributed by atoms with Crippen LogP contribution in [0, 0.1) is 24.4 Å². The molecule has 0 aliphatic carbocycles. The summed E-state index contributed by atoms with van der Waals surface area (Å²) in [7, 11) is 0. The lowest BCUT2D eigenvalue weighted by Gasteiger charge is -2.18. The van der Waals surface area contributed by atoms with E-state index in [1.165, 1.54) is 6.20 Å². The first kappa shape index (κ1) is 13.5. The van der Waals surface area contributed by atoms with Crippen LogP contribution in [0.25, 0.3) is 0 Å². The first-order valence-corrected chi connectivity index (χ1v) is 5.56. The maximum atomic E-state index is 13.8. The Balaban J connectivity index is 2.51. The van der Waals surface area contributed by atoms with E-state index in [-0.39, 0.29) is 5.56 Å². The molecule has 3 nitrogen and oxygen atoms in total. The van der Waals surface area contributed by atoms with Crippen molar-refractivity contribution >= 4 is 0 Å². The van der Waals surface area contributed by atoms with E-state index in [1.54, 1.807) is 19.1 Å². The first-order valence-electron chi connectivity index (χ1n) is 5.56. The van der Waals surface area contributed by atoms with Crippen LogP contribution in [0.3, 0.4) is 0 Å². The van der Waals surface area contributed by atoms with Gasteiger partial charge in [0.2, 0.25) is 0 Å². The minimum atomic E-state index is -1.51. The van der Waals surface area contributed by atoms with Crippen LogP contribution in [0.1, 0.15) is 22.9 Å². The lowest BCUT2D eigenvalue weighted by atomic mass is 9.99. The van der Waals surface area contributed by atoms with Gasteiger partial charge < -0.3 is 0 Å². The van der Waals surface area contributed by atoms with Crippen molar-refractivity contribution in [2.75, 3.05) is 0 Å². The fourth-order valence-electron chi connectivity index (χ4n) is 1.88. The van der Waals surface area contributed by atoms with Crippen LogP contribution in [0.15, 0.2) is 30.5 Å². The van der Waals surface area contributed by atoms with Crippen LogP contribution in [-0.2, 0) is 0 Å². The first-order chi connectivity index (χ1) is 9.04. The molecule has 1 aromatic heterocycles. The Bertz CT molecular complexity index is 602. The molecule has 0 amide bonds. The summed E-state index contributed by atoms with van der Waals surface area (Å²) in [5.74, 6) is 1.39. The van der Waals surface area contributed by atoms with Crippen molar-refractivity contribution in [3.8, 4) is 0 Å². The third-order valence-electron chi connectivity index (χ3n) is 2.80. The minimum absolute atomic E-state index is 0.0630. The SMILES string of the molecule is Cc1cc(C(NN)c2ccc(F)c(F)c2F)ccn1. The molecule has 1 aromatic carbocycles. The quantitative estimate of drug-likeness (QED) is 0.510. The van der Waals surface area contributed by atoms with Crippen molar-refractivity contribution in [1.82, 2.24) is 10.4 Å². The smallest absolute Gasteiger partial charge is 0.194 e. The standard InChI is InChI=1S/C13H12F3N3/c1-7-6-8(4-5-18-7)13(19-17)9-2-3-10(14)12(16)11(9)15/h2-6,13,19H,17H2,1H3. The molecule has 0 bridgehead atoms. The van der Waals surface area contributed by atoms with E-state index < -0.39 is 23.5 Å². The number of nitrogens with two attached hydrogens (primary N) is 1. The molecule has 1 heterocycles. The van der Waals surface area contributed by atoms with E-state index in [0.29, 0.717) is 11.3 Å². The van der Waals surface area contributed by atoms with Crippen LogP contribution in [0.2, 0.25) is 0 Å². The van der Waals surface area contributed by atoms with Crippen molar-refractivity contribution in [2.24, 2.45) is 5.84 Å². The Morgan fingerprint density at radius 2 is 1.89 bits per heavy atom. The van der Waals surface area contributed by atoms with Gasteiger partial charge in [0.25, 0.3) is 0 Å². The fourth-order valence-corrected chi connectivity index (χ4v) is 1.88. The molecule has 0 saturated heterocycles. The predicted octanol–water partition coefficient (Wildman–Crippen LogP) is 2.36. The third kappa shape index (κ3) is 2.59. The Hall–Kier alpha value is -1.92. The molecule has 0 aliphatic heterocycles. The highest BCUT2D eigenvalue weighted by molar-refractivity contribution is 5.33. The van der Waals surface area contributed by atoms with Gasteiger partial charge in [-0.05, 0) is 30.7 Å². The van der Waals surface area contributed by atoms with Gasteiger partial charge in [0.15, 0.2) is 17.5 Å². The monoisotopic (exact) mass is 267 g/mol. The highest BCUT2D eigenvalue weighted by atomic mass is 19.2. The zero-order chi connectivity index (χ0) is 14.0. The van der Waals surface area contributed by atoms with Crippen LogP contribution in [-0.4, -0.2) is 4.98 Å². The van der Waals surface area contributed by atoms with E-state index in [2.05, 4.69) is 10.4 Å². The summed E-state index contributed by atoms with van der Waals surface area (Å²) >= 11 is 0. The number of rotatable bonds is 3. The molecular weight excluding hydrogens is 255 g/mol. The van der Waals surface area contributed by atoms with E-state index in [0.717, 1.165) is 12.1 Å². The van der Waals surface area contributed by atoms with Gasteiger partial charge in [-0.25, -0.2) is 18.6 Å². The topological polar surface area (TPSA) is 50.9 Å². The number of pyridine rings is 1. The number of aromatic nitrogens is 1. The van der Waals surface area contributed by atoms with Crippen molar-refractivity contribution in [2.45, 2.75) is 13.0 Å². The summed E-state index contributed by atoms with van der Waals surface area (Å²) in [5.41, 5.74) is 3.65. The summed E-state index contributed by atoms with van der Waals surface area (Å²) in [4.78, 5) is 4.01. The molecule has 0 spiro atoms. The molecule has 1 atom stereocenters. The molecule has 19 heavy (non-hydrogen) atoms. The van der Waals surface area contributed by atoms with Crippen molar-refractivity contribution < 1.29 is 13.2 Å².